The van der Waals surface area contributed by atoms with E-state index in [1.54, 1.807) is 0 Å². The first-order valence-electron chi connectivity index (χ1n) is 8.10. The average molecular weight is 310 g/mol. The number of carbonyl (C=O) groups is 1. The summed E-state index contributed by atoms with van der Waals surface area (Å²) in [6.45, 7) is 0. The van der Waals surface area contributed by atoms with Crippen molar-refractivity contribution in [2.75, 3.05) is 5.32 Å². The van der Waals surface area contributed by atoms with Crippen molar-refractivity contribution >= 4 is 11.6 Å². The second-order valence-corrected chi connectivity index (χ2v) is 6.06. The summed E-state index contributed by atoms with van der Waals surface area (Å²) in [7, 11) is 0. The molecule has 4 heteroatoms. The van der Waals surface area contributed by atoms with Crippen LogP contribution in [0.25, 0.3) is 0 Å². The van der Waals surface area contributed by atoms with Crippen molar-refractivity contribution in [1.82, 2.24) is 0 Å². The Labute approximate surface area is 136 Å². The second-order valence-electron chi connectivity index (χ2n) is 6.06. The van der Waals surface area contributed by atoms with E-state index in [4.69, 9.17) is 10.5 Å². The van der Waals surface area contributed by atoms with E-state index >= 15 is 0 Å². The second kappa shape index (κ2) is 7.29. The normalized spacial score (nSPS) is 20.7. The largest absolute Gasteiger partial charge is 0.457 e. The predicted molar refractivity (Wildman–Crippen MR) is 91.5 cm³/mol. The van der Waals surface area contributed by atoms with Crippen LogP contribution in [0.1, 0.15) is 25.7 Å². The summed E-state index contributed by atoms with van der Waals surface area (Å²) in [6, 6.07) is 17.2. The van der Waals surface area contributed by atoms with Crippen LogP contribution in [0.2, 0.25) is 0 Å². The number of nitrogens with one attached hydrogen (secondary N) is 1. The number of anilines is 1. The molecule has 2 atom stereocenters. The summed E-state index contributed by atoms with van der Waals surface area (Å²) in [4.78, 5) is 12.4. The Morgan fingerprint density at radius 2 is 1.83 bits per heavy atom. The third-order valence-electron chi connectivity index (χ3n) is 4.17. The molecule has 2 aromatic rings. The molecule has 4 nitrogen and oxygen atoms in total. The summed E-state index contributed by atoms with van der Waals surface area (Å²) in [5.41, 5.74) is 6.72. The van der Waals surface area contributed by atoms with Gasteiger partial charge in [-0.15, -0.1) is 0 Å². The van der Waals surface area contributed by atoms with Crippen molar-refractivity contribution in [2.45, 2.75) is 31.7 Å². The molecule has 1 saturated carbocycles. The summed E-state index contributed by atoms with van der Waals surface area (Å²) >= 11 is 0. The summed E-state index contributed by atoms with van der Waals surface area (Å²) in [5.74, 6) is 1.54. The van der Waals surface area contributed by atoms with Crippen LogP contribution < -0.4 is 15.8 Å². The van der Waals surface area contributed by atoms with Crippen LogP contribution in [0.4, 0.5) is 5.69 Å². The fourth-order valence-electron chi connectivity index (χ4n) is 2.97. The van der Waals surface area contributed by atoms with Gasteiger partial charge in [-0.05, 0) is 43.5 Å². The van der Waals surface area contributed by atoms with Gasteiger partial charge in [0.05, 0.1) is 0 Å². The van der Waals surface area contributed by atoms with E-state index in [9.17, 15) is 4.79 Å². The Morgan fingerprint density at radius 1 is 1.04 bits per heavy atom. The number of amides is 1. The number of benzene rings is 2. The van der Waals surface area contributed by atoms with E-state index in [1.807, 2.05) is 54.6 Å². The topological polar surface area (TPSA) is 64.4 Å². The lowest BCUT2D eigenvalue weighted by Gasteiger charge is -2.25. The number of nitrogens with two attached hydrogens (primary N) is 1. The highest BCUT2D eigenvalue weighted by Crippen LogP contribution is 2.27. The van der Waals surface area contributed by atoms with Crippen LogP contribution in [0, 0.1) is 5.92 Å². The van der Waals surface area contributed by atoms with E-state index in [0.29, 0.717) is 5.75 Å². The highest BCUT2D eigenvalue weighted by molar-refractivity contribution is 5.92. The SMILES string of the molecule is NC1CCCC(C(=O)Nc2cccc(Oc3ccccc3)c2)C1. The van der Waals surface area contributed by atoms with Gasteiger partial charge in [-0.1, -0.05) is 30.7 Å². The molecule has 0 aliphatic heterocycles. The van der Waals surface area contributed by atoms with E-state index in [0.717, 1.165) is 37.1 Å². The zero-order valence-corrected chi connectivity index (χ0v) is 13.1. The molecule has 23 heavy (non-hydrogen) atoms. The van der Waals surface area contributed by atoms with Crippen molar-refractivity contribution in [3.8, 4) is 11.5 Å². The van der Waals surface area contributed by atoms with E-state index in [-0.39, 0.29) is 17.9 Å². The minimum absolute atomic E-state index is 0.0115. The van der Waals surface area contributed by atoms with Crippen LogP contribution in [-0.2, 0) is 4.79 Å². The third-order valence-corrected chi connectivity index (χ3v) is 4.17. The maximum absolute atomic E-state index is 12.4. The van der Waals surface area contributed by atoms with Crippen molar-refractivity contribution in [2.24, 2.45) is 11.7 Å². The Kier molecular flexibility index (Phi) is 4.93. The molecule has 3 N–H and O–H groups in total. The molecule has 1 fully saturated rings. The van der Waals surface area contributed by atoms with Crippen LogP contribution >= 0.6 is 0 Å². The molecule has 3 rings (SSSR count). The van der Waals surface area contributed by atoms with Gasteiger partial charge in [0.1, 0.15) is 11.5 Å². The molecule has 2 aromatic carbocycles. The van der Waals surface area contributed by atoms with Gasteiger partial charge in [-0.25, -0.2) is 0 Å². The summed E-state index contributed by atoms with van der Waals surface area (Å²) in [5, 5.41) is 2.98. The van der Waals surface area contributed by atoms with E-state index < -0.39 is 0 Å². The van der Waals surface area contributed by atoms with Gasteiger partial charge in [-0.3, -0.25) is 4.79 Å². The molecule has 1 aliphatic rings. The lowest BCUT2D eigenvalue weighted by atomic mass is 9.85. The van der Waals surface area contributed by atoms with Crippen LogP contribution in [0.3, 0.4) is 0 Å². The van der Waals surface area contributed by atoms with Crippen molar-refractivity contribution in [3.05, 3.63) is 54.6 Å². The molecule has 0 bridgehead atoms. The summed E-state index contributed by atoms with van der Waals surface area (Å²) in [6.07, 6.45) is 3.73. The van der Waals surface area contributed by atoms with E-state index in [1.165, 1.54) is 0 Å². The maximum Gasteiger partial charge on any atom is 0.227 e. The number of hydrogen-bond acceptors (Lipinski definition) is 3. The first kappa shape index (κ1) is 15.6. The molecule has 0 aromatic heterocycles. The molecule has 120 valence electrons. The zero-order chi connectivity index (χ0) is 16.1. The van der Waals surface area contributed by atoms with Crippen molar-refractivity contribution in [3.63, 3.8) is 0 Å². The molecule has 1 aliphatic carbocycles. The third kappa shape index (κ3) is 4.33. The molecule has 0 saturated heterocycles. The Hall–Kier alpha value is -2.33. The molecular formula is C19H22N2O2. The van der Waals surface area contributed by atoms with Gasteiger partial charge >= 0.3 is 0 Å². The number of carbonyl (C=O) groups excluding carboxylic acids is 1. The molecule has 1 amide bonds. The average Bonchev–Trinajstić information content (AvgIpc) is 2.56. The molecule has 0 radical (unpaired) electrons. The Bertz CT molecular complexity index is 657. The molecule has 2 unspecified atom stereocenters. The van der Waals surface area contributed by atoms with Gasteiger partial charge < -0.3 is 15.8 Å². The van der Waals surface area contributed by atoms with Gasteiger partial charge in [0.2, 0.25) is 5.91 Å². The highest BCUT2D eigenvalue weighted by Gasteiger charge is 2.25. The standard InChI is InChI=1S/C19H22N2O2/c20-15-7-4-6-14(12-15)19(22)21-16-8-5-11-18(13-16)23-17-9-2-1-3-10-17/h1-3,5,8-11,13-15H,4,6-7,12,20H2,(H,21,22). The van der Waals surface area contributed by atoms with Crippen LogP contribution in [-0.4, -0.2) is 11.9 Å². The monoisotopic (exact) mass is 310 g/mol. The van der Waals surface area contributed by atoms with Crippen molar-refractivity contribution < 1.29 is 9.53 Å². The van der Waals surface area contributed by atoms with Gasteiger partial charge in [0, 0.05) is 23.7 Å². The quantitative estimate of drug-likeness (QED) is 0.899. The fourth-order valence-corrected chi connectivity index (χ4v) is 2.97. The number of para-hydroxylation sites is 1. The Morgan fingerprint density at radius 3 is 2.61 bits per heavy atom. The van der Waals surface area contributed by atoms with Crippen LogP contribution in [0.5, 0.6) is 11.5 Å². The first-order chi connectivity index (χ1) is 11.2. The van der Waals surface area contributed by atoms with Gasteiger partial charge in [0.15, 0.2) is 0 Å². The minimum atomic E-state index is 0.0115. The van der Waals surface area contributed by atoms with Crippen molar-refractivity contribution in [1.29, 1.82) is 0 Å². The fraction of sp³-hybridized carbons (Fsp3) is 0.316. The maximum atomic E-state index is 12.4. The van der Waals surface area contributed by atoms with Gasteiger partial charge in [0.25, 0.3) is 0 Å². The number of hydrogen-bond donors (Lipinski definition) is 2. The van der Waals surface area contributed by atoms with Crippen LogP contribution in [0.15, 0.2) is 54.6 Å². The minimum Gasteiger partial charge on any atom is -0.457 e. The number of rotatable bonds is 4. The number of ether oxygens (including phenoxy) is 1. The lowest BCUT2D eigenvalue weighted by Crippen LogP contribution is -2.34. The Balaban J connectivity index is 1.64. The highest BCUT2D eigenvalue weighted by atomic mass is 16.5. The van der Waals surface area contributed by atoms with E-state index in [2.05, 4.69) is 5.32 Å². The predicted octanol–water partition coefficient (Wildman–Crippen LogP) is 3.93. The molecule has 0 heterocycles. The smallest absolute Gasteiger partial charge is 0.227 e. The lowest BCUT2D eigenvalue weighted by molar-refractivity contribution is -0.120. The summed E-state index contributed by atoms with van der Waals surface area (Å²) < 4.78 is 5.79. The first-order valence-corrected chi connectivity index (χ1v) is 8.10. The molecular weight excluding hydrogens is 288 g/mol. The zero-order valence-electron chi connectivity index (χ0n) is 13.1. The molecule has 0 spiro atoms. The van der Waals surface area contributed by atoms with Gasteiger partial charge in [-0.2, -0.15) is 0 Å².